The molecule has 8 heteroatoms. The second kappa shape index (κ2) is 10.5. The molecule has 0 aromatic heterocycles. The third kappa shape index (κ3) is 6.05. The van der Waals surface area contributed by atoms with Gasteiger partial charge in [-0.1, -0.05) is 39.0 Å². The first-order valence-electron chi connectivity index (χ1n) is 8.11. The monoisotopic (exact) mass is 338 g/mol. The van der Waals surface area contributed by atoms with Crippen LogP contribution in [0.1, 0.15) is 55.8 Å². The smallest absolute Gasteiger partial charge is 0.353 e. The molecule has 0 saturated heterocycles. The molecule has 0 heterocycles. The molecule has 0 aliphatic rings. The van der Waals surface area contributed by atoms with Crippen LogP contribution in [0.4, 0.5) is 4.79 Å². The zero-order chi connectivity index (χ0) is 17.9. The average molecular weight is 338 g/mol. The molecule has 0 atom stereocenters. The number of hydrogen-bond acceptors (Lipinski definition) is 6. The Morgan fingerprint density at radius 2 is 1.79 bits per heavy atom. The molecule has 1 aromatic carbocycles. The molecule has 1 rings (SSSR count). The summed E-state index contributed by atoms with van der Waals surface area (Å²) >= 11 is 0. The van der Waals surface area contributed by atoms with Gasteiger partial charge in [-0.25, -0.2) is 16.1 Å². The first-order valence-corrected chi connectivity index (χ1v) is 8.11. The lowest BCUT2D eigenvalue weighted by Gasteiger charge is -2.21. The van der Waals surface area contributed by atoms with Crippen LogP contribution in [0, 0.1) is 0 Å². The third-order valence-corrected chi connectivity index (χ3v) is 3.54. The largest absolute Gasteiger partial charge is 0.508 e. The Bertz CT molecular complexity index is 551. The zero-order valence-electron chi connectivity index (χ0n) is 13.9. The van der Waals surface area contributed by atoms with Gasteiger partial charge in [-0.15, -0.1) is 0 Å². The Balaban J connectivity index is 2.61. The van der Waals surface area contributed by atoms with Gasteiger partial charge < -0.3 is 10.2 Å². The van der Waals surface area contributed by atoms with Crippen LogP contribution in [0.3, 0.4) is 0 Å². The van der Waals surface area contributed by atoms with Crippen molar-refractivity contribution in [2.24, 2.45) is 5.84 Å². The van der Waals surface area contributed by atoms with Crippen molar-refractivity contribution in [3.8, 4) is 11.5 Å². The van der Waals surface area contributed by atoms with Crippen LogP contribution >= 0.6 is 0 Å². The number of nitrogens with one attached hydrogen (secondary N) is 2. The normalized spacial score (nSPS) is 10.4. The number of carbonyl (C=O) groups is 2. The number of hydrazine groups is 2. The highest BCUT2D eigenvalue weighted by Crippen LogP contribution is 2.23. The van der Waals surface area contributed by atoms with Gasteiger partial charge in [0, 0.05) is 12.6 Å². The number of carbonyl (C=O) groups excluding carboxylic acids is 2. The van der Waals surface area contributed by atoms with Crippen LogP contribution in [-0.4, -0.2) is 33.7 Å². The number of nitrogens with zero attached hydrogens (tertiary/aromatic N) is 1. The number of phenols is 2. The molecule has 0 bridgehead atoms. The molecule has 0 saturated carbocycles. The van der Waals surface area contributed by atoms with Crippen molar-refractivity contribution < 1.29 is 19.8 Å². The third-order valence-electron chi connectivity index (χ3n) is 3.54. The van der Waals surface area contributed by atoms with Gasteiger partial charge in [0.15, 0.2) is 0 Å². The van der Waals surface area contributed by atoms with Gasteiger partial charge in [0.05, 0.1) is 5.56 Å². The number of phenolic OH excluding ortho intramolecular Hbond substituents is 2. The van der Waals surface area contributed by atoms with Gasteiger partial charge >= 0.3 is 6.03 Å². The van der Waals surface area contributed by atoms with Crippen molar-refractivity contribution >= 4 is 11.9 Å². The number of amides is 3. The summed E-state index contributed by atoms with van der Waals surface area (Å²) < 4.78 is 0. The molecule has 0 fully saturated rings. The van der Waals surface area contributed by atoms with Gasteiger partial charge in [-0.3, -0.25) is 10.2 Å². The molecule has 134 valence electrons. The molecule has 0 aliphatic heterocycles. The van der Waals surface area contributed by atoms with Crippen molar-refractivity contribution in [3.63, 3.8) is 0 Å². The quantitative estimate of drug-likeness (QED) is 0.203. The summed E-state index contributed by atoms with van der Waals surface area (Å²) in [4.78, 5) is 24.2. The van der Waals surface area contributed by atoms with Crippen molar-refractivity contribution in [3.05, 3.63) is 23.8 Å². The van der Waals surface area contributed by atoms with Crippen LogP contribution in [0.2, 0.25) is 0 Å². The lowest BCUT2D eigenvalue weighted by atomic mass is 10.1. The van der Waals surface area contributed by atoms with Gasteiger partial charge in [0.1, 0.15) is 11.5 Å². The van der Waals surface area contributed by atoms with Crippen molar-refractivity contribution in [2.75, 3.05) is 6.54 Å². The van der Waals surface area contributed by atoms with Gasteiger partial charge in [-0.05, 0) is 18.6 Å². The van der Waals surface area contributed by atoms with E-state index in [0.717, 1.165) is 30.3 Å². The summed E-state index contributed by atoms with van der Waals surface area (Å²) in [5.74, 6) is 3.74. The Kier molecular flexibility index (Phi) is 8.59. The maximum atomic E-state index is 12.4. The molecule has 8 nitrogen and oxygen atoms in total. The maximum absolute atomic E-state index is 12.4. The first-order chi connectivity index (χ1) is 11.5. The number of rotatable bonds is 9. The van der Waals surface area contributed by atoms with E-state index in [1.54, 1.807) is 0 Å². The lowest BCUT2D eigenvalue weighted by molar-refractivity contribution is 0.0722. The van der Waals surface area contributed by atoms with E-state index in [-0.39, 0.29) is 11.3 Å². The van der Waals surface area contributed by atoms with Crippen LogP contribution < -0.4 is 16.7 Å². The van der Waals surface area contributed by atoms with Crippen LogP contribution in [0.5, 0.6) is 11.5 Å². The second-order valence-corrected chi connectivity index (χ2v) is 5.47. The van der Waals surface area contributed by atoms with Gasteiger partial charge in [0.2, 0.25) is 0 Å². The van der Waals surface area contributed by atoms with Gasteiger partial charge in [-0.2, -0.15) is 5.01 Å². The van der Waals surface area contributed by atoms with Crippen LogP contribution in [0.15, 0.2) is 18.2 Å². The highest BCUT2D eigenvalue weighted by molar-refractivity contribution is 6.05. The minimum Gasteiger partial charge on any atom is -0.508 e. The molecule has 0 radical (unpaired) electrons. The van der Waals surface area contributed by atoms with Crippen molar-refractivity contribution in [2.45, 2.75) is 45.4 Å². The molecule has 0 spiro atoms. The Labute approximate surface area is 141 Å². The van der Waals surface area contributed by atoms with E-state index in [1.807, 2.05) is 5.43 Å². The number of hydrogen-bond donors (Lipinski definition) is 5. The predicted molar refractivity (Wildman–Crippen MR) is 90.0 cm³/mol. The summed E-state index contributed by atoms with van der Waals surface area (Å²) in [5.41, 5.74) is 4.49. The zero-order valence-corrected chi connectivity index (χ0v) is 13.9. The summed E-state index contributed by atoms with van der Waals surface area (Å²) in [7, 11) is 0. The number of urea groups is 1. The van der Waals surface area contributed by atoms with E-state index < -0.39 is 17.7 Å². The fourth-order valence-corrected chi connectivity index (χ4v) is 2.22. The van der Waals surface area contributed by atoms with E-state index in [1.165, 1.54) is 31.4 Å². The number of benzene rings is 1. The topological polar surface area (TPSA) is 128 Å². The van der Waals surface area contributed by atoms with Gasteiger partial charge in [0.25, 0.3) is 5.91 Å². The van der Waals surface area contributed by atoms with Crippen molar-refractivity contribution in [1.29, 1.82) is 0 Å². The van der Waals surface area contributed by atoms with E-state index in [4.69, 9.17) is 5.84 Å². The summed E-state index contributed by atoms with van der Waals surface area (Å²) in [6, 6.07) is 2.67. The first kappa shape index (κ1) is 19.7. The maximum Gasteiger partial charge on any atom is 0.353 e. The molecule has 0 aliphatic carbocycles. The minimum atomic E-state index is -0.835. The second-order valence-electron chi connectivity index (χ2n) is 5.47. The highest BCUT2D eigenvalue weighted by atomic mass is 16.3. The fraction of sp³-hybridized carbons (Fsp3) is 0.500. The SMILES string of the molecule is CCCCCCCCNN(C(=O)NN)C(=O)c1ccc(O)cc1O. The lowest BCUT2D eigenvalue weighted by Crippen LogP contribution is -2.53. The Hall–Kier alpha value is -2.32. The van der Waals surface area contributed by atoms with E-state index >= 15 is 0 Å². The standard InChI is InChI=1S/C16H26N4O4/c1-2-3-4-5-6-7-10-18-20(16(24)19-17)15(23)13-9-8-12(21)11-14(13)22/h8-9,11,18,21-22H,2-7,10,17H2,1H3,(H,19,24). The van der Waals surface area contributed by atoms with Crippen molar-refractivity contribution in [1.82, 2.24) is 15.9 Å². The number of imide groups is 1. The van der Waals surface area contributed by atoms with E-state index in [9.17, 15) is 19.8 Å². The van der Waals surface area contributed by atoms with Crippen LogP contribution in [-0.2, 0) is 0 Å². The fourth-order valence-electron chi connectivity index (χ4n) is 2.22. The highest BCUT2D eigenvalue weighted by Gasteiger charge is 2.24. The van der Waals surface area contributed by atoms with Crippen LogP contribution in [0.25, 0.3) is 0 Å². The van der Waals surface area contributed by atoms with E-state index in [2.05, 4.69) is 12.3 Å². The molecule has 0 unspecified atom stereocenters. The Morgan fingerprint density at radius 3 is 2.42 bits per heavy atom. The summed E-state index contributed by atoms with van der Waals surface area (Å²) in [6.07, 6.45) is 6.44. The number of aromatic hydroxyl groups is 2. The summed E-state index contributed by atoms with van der Waals surface area (Å²) in [6.45, 7) is 2.57. The molecular formula is C16H26N4O4. The molecule has 24 heavy (non-hydrogen) atoms. The summed E-state index contributed by atoms with van der Waals surface area (Å²) in [5, 5.41) is 19.8. The van der Waals surface area contributed by atoms with E-state index in [0.29, 0.717) is 6.54 Å². The number of unbranched alkanes of at least 4 members (excludes halogenated alkanes) is 5. The Morgan fingerprint density at radius 1 is 1.12 bits per heavy atom. The molecule has 6 N–H and O–H groups in total. The number of nitrogens with two attached hydrogens (primary N) is 1. The molecular weight excluding hydrogens is 312 g/mol. The molecule has 1 aromatic rings. The predicted octanol–water partition coefficient (Wildman–Crippen LogP) is 1.99. The minimum absolute atomic E-state index is 0.119. The average Bonchev–Trinajstić information content (AvgIpc) is 2.56. The molecule has 3 amide bonds.